The lowest BCUT2D eigenvalue weighted by Crippen LogP contribution is -2.44. The van der Waals surface area contributed by atoms with E-state index in [1.54, 1.807) is 0 Å². The van der Waals surface area contributed by atoms with Gasteiger partial charge in [-0.2, -0.15) is 0 Å². The lowest BCUT2D eigenvalue weighted by molar-refractivity contribution is -0.143. The fourth-order valence-electron chi connectivity index (χ4n) is 3.23. The first-order valence-corrected chi connectivity index (χ1v) is 11.0. The van der Waals surface area contributed by atoms with Gasteiger partial charge in [0, 0.05) is 6.42 Å². The molecule has 0 spiro atoms. The van der Waals surface area contributed by atoms with Gasteiger partial charge in [-0.15, -0.1) is 0 Å². The Morgan fingerprint density at radius 1 is 0.769 bits per heavy atom. The molecule has 0 heterocycles. The van der Waals surface area contributed by atoms with Crippen molar-refractivity contribution in [1.29, 1.82) is 0 Å². The second kappa shape index (κ2) is 17.4. The largest absolute Gasteiger partial charge is 0.480 e. The Balaban J connectivity index is 3.49. The van der Waals surface area contributed by atoms with Crippen molar-refractivity contribution in [3.63, 3.8) is 0 Å². The lowest BCUT2D eigenvalue weighted by atomic mass is 9.99. The van der Waals surface area contributed by atoms with Crippen LogP contribution < -0.4 is 5.32 Å². The van der Waals surface area contributed by atoms with Crippen LogP contribution in [-0.4, -0.2) is 23.0 Å². The summed E-state index contributed by atoms with van der Waals surface area (Å²) in [5.41, 5.74) is 0. The average Bonchev–Trinajstić information content (AvgIpc) is 2.62. The number of carbonyl (C=O) groups excluding carboxylic acids is 1. The predicted molar refractivity (Wildman–Crippen MR) is 109 cm³/mol. The molecule has 0 aliphatic rings. The molecule has 4 nitrogen and oxygen atoms in total. The summed E-state index contributed by atoms with van der Waals surface area (Å²) in [5, 5.41) is 11.9. The quantitative estimate of drug-likeness (QED) is 0.288. The number of rotatable bonds is 18. The highest BCUT2D eigenvalue weighted by Crippen LogP contribution is 2.13. The van der Waals surface area contributed by atoms with Gasteiger partial charge in [0.05, 0.1) is 0 Å². The zero-order valence-electron chi connectivity index (χ0n) is 17.5. The Morgan fingerprint density at radius 2 is 1.19 bits per heavy atom. The smallest absolute Gasteiger partial charge is 0.326 e. The fourth-order valence-corrected chi connectivity index (χ4v) is 3.23. The molecule has 2 atom stereocenters. The summed E-state index contributed by atoms with van der Waals surface area (Å²) >= 11 is 0. The van der Waals surface area contributed by atoms with Crippen LogP contribution in [0.25, 0.3) is 0 Å². The summed E-state index contributed by atoms with van der Waals surface area (Å²) in [7, 11) is 0. The van der Waals surface area contributed by atoms with Crippen molar-refractivity contribution in [3.8, 4) is 0 Å². The Bertz CT molecular complexity index is 357. The Morgan fingerprint density at radius 3 is 1.58 bits per heavy atom. The molecule has 0 fully saturated rings. The van der Waals surface area contributed by atoms with Gasteiger partial charge in [0.2, 0.25) is 5.91 Å². The summed E-state index contributed by atoms with van der Waals surface area (Å²) in [6, 6.07) is -0.755. The van der Waals surface area contributed by atoms with E-state index >= 15 is 0 Å². The van der Waals surface area contributed by atoms with Gasteiger partial charge >= 0.3 is 5.97 Å². The van der Waals surface area contributed by atoms with Crippen molar-refractivity contribution in [2.75, 3.05) is 0 Å². The van der Waals surface area contributed by atoms with E-state index in [0.717, 1.165) is 19.3 Å². The third kappa shape index (κ3) is 14.1. The van der Waals surface area contributed by atoms with E-state index in [1.165, 1.54) is 70.6 Å². The van der Waals surface area contributed by atoms with Gasteiger partial charge in [0.1, 0.15) is 6.04 Å². The van der Waals surface area contributed by atoms with Crippen molar-refractivity contribution in [2.24, 2.45) is 5.92 Å². The first kappa shape index (κ1) is 24.9. The van der Waals surface area contributed by atoms with Crippen molar-refractivity contribution in [1.82, 2.24) is 5.32 Å². The zero-order valence-corrected chi connectivity index (χ0v) is 17.5. The van der Waals surface area contributed by atoms with Crippen LogP contribution >= 0.6 is 0 Å². The van der Waals surface area contributed by atoms with Crippen LogP contribution in [0, 0.1) is 5.92 Å². The van der Waals surface area contributed by atoms with E-state index in [9.17, 15) is 14.7 Å². The highest BCUT2D eigenvalue weighted by Gasteiger charge is 2.24. The first-order valence-electron chi connectivity index (χ1n) is 11.0. The normalized spacial score (nSPS) is 13.3. The molecule has 1 amide bonds. The van der Waals surface area contributed by atoms with E-state index in [2.05, 4.69) is 12.2 Å². The molecule has 0 rings (SSSR count). The van der Waals surface area contributed by atoms with Crippen molar-refractivity contribution < 1.29 is 14.7 Å². The summed E-state index contributed by atoms with van der Waals surface area (Å²) in [6.45, 7) is 6.07. The zero-order chi connectivity index (χ0) is 19.6. The van der Waals surface area contributed by atoms with Gasteiger partial charge in [-0.1, -0.05) is 104 Å². The van der Waals surface area contributed by atoms with Crippen LogP contribution in [0.5, 0.6) is 0 Å². The number of amides is 1. The molecule has 26 heavy (non-hydrogen) atoms. The Kier molecular flexibility index (Phi) is 16.7. The number of carbonyl (C=O) groups is 2. The minimum absolute atomic E-state index is 0.0388. The summed E-state index contributed by atoms with van der Waals surface area (Å²) in [4.78, 5) is 23.1. The number of aliphatic carboxylic acids is 1. The van der Waals surface area contributed by atoms with Crippen LogP contribution in [0.2, 0.25) is 0 Å². The Hall–Kier alpha value is -1.06. The van der Waals surface area contributed by atoms with Crippen LogP contribution in [0.15, 0.2) is 0 Å². The van der Waals surface area contributed by atoms with Crippen molar-refractivity contribution in [2.45, 2.75) is 123 Å². The second-order valence-corrected chi connectivity index (χ2v) is 7.76. The van der Waals surface area contributed by atoms with Gasteiger partial charge < -0.3 is 10.4 Å². The minimum atomic E-state index is -0.932. The first-order chi connectivity index (χ1) is 12.5. The number of unbranched alkanes of at least 4 members (excludes halogenated alkanes) is 12. The molecule has 4 heteroatoms. The van der Waals surface area contributed by atoms with E-state index in [4.69, 9.17) is 0 Å². The van der Waals surface area contributed by atoms with E-state index in [1.807, 2.05) is 13.8 Å². The van der Waals surface area contributed by atoms with Crippen LogP contribution in [-0.2, 0) is 9.59 Å². The second-order valence-electron chi connectivity index (χ2n) is 7.76. The molecule has 0 saturated carbocycles. The highest BCUT2D eigenvalue weighted by molar-refractivity contribution is 5.83. The predicted octanol–water partition coefficient (Wildman–Crippen LogP) is 6.08. The molecule has 154 valence electrons. The molecule has 0 bridgehead atoms. The van der Waals surface area contributed by atoms with Crippen LogP contribution in [0.3, 0.4) is 0 Å². The number of hydrogen-bond donors (Lipinski definition) is 2. The lowest BCUT2D eigenvalue weighted by Gasteiger charge is -2.20. The van der Waals surface area contributed by atoms with Gasteiger partial charge in [0.25, 0.3) is 0 Å². The number of carboxylic acid groups (broad SMARTS) is 1. The average molecular weight is 370 g/mol. The molecule has 0 aliphatic heterocycles. The SMILES string of the molecule is CCCCCCCCCCCCCCCC(=O)N[C@@H](C(=O)O)C(C)CC. The van der Waals surface area contributed by atoms with Crippen molar-refractivity contribution >= 4 is 11.9 Å². The van der Waals surface area contributed by atoms with E-state index in [-0.39, 0.29) is 11.8 Å². The molecule has 1 unspecified atom stereocenters. The summed E-state index contributed by atoms with van der Waals surface area (Å²) < 4.78 is 0. The molecule has 0 radical (unpaired) electrons. The number of hydrogen-bond acceptors (Lipinski definition) is 2. The minimum Gasteiger partial charge on any atom is -0.480 e. The maximum absolute atomic E-state index is 11.9. The topological polar surface area (TPSA) is 66.4 Å². The van der Waals surface area contributed by atoms with Gasteiger partial charge in [-0.3, -0.25) is 4.79 Å². The third-order valence-corrected chi connectivity index (χ3v) is 5.30. The van der Waals surface area contributed by atoms with Crippen LogP contribution in [0.1, 0.15) is 117 Å². The molecule has 0 aromatic carbocycles. The van der Waals surface area contributed by atoms with Crippen molar-refractivity contribution in [3.05, 3.63) is 0 Å². The highest BCUT2D eigenvalue weighted by atomic mass is 16.4. The van der Waals surface area contributed by atoms with Gasteiger partial charge in [0.15, 0.2) is 0 Å². The molecule has 0 saturated heterocycles. The number of carboxylic acids is 1. The molecular weight excluding hydrogens is 326 g/mol. The molecule has 0 aliphatic carbocycles. The molecule has 0 aromatic rings. The molecule has 2 N–H and O–H groups in total. The maximum Gasteiger partial charge on any atom is 0.326 e. The fraction of sp³-hybridized carbons (Fsp3) is 0.909. The molecular formula is C22H43NO3. The summed E-state index contributed by atoms with van der Waals surface area (Å²) in [5.74, 6) is -1.10. The van der Waals surface area contributed by atoms with E-state index < -0.39 is 12.0 Å². The standard InChI is InChI=1S/C22H43NO3/c1-4-6-7-8-9-10-11-12-13-14-15-16-17-18-20(24)23-21(22(25)26)19(3)5-2/h19,21H,4-18H2,1-3H3,(H,23,24)(H,25,26)/t19?,21-/m1/s1. The monoisotopic (exact) mass is 369 g/mol. The van der Waals surface area contributed by atoms with E-state index in [0.29, 0.717) is 6.42 Å². The van der Waals surface area contributed by atoms with Gasteiger partial charge in [-0.25, -0.2) is 4.79 Å². The van der Waals surface area contributed by atoms with Crippen LogP contribution in [0.4, 0.5) is 0 Å². The third-order valence-electron chi connectivity index (χ3n) is 5.30. The Labute approximate surface area is 161 Å². The van der Waals surface area contributed by atoms with Gasteiger partial charge in [-0.05, 0) is 12.3 Å². The maximum atomic E-state index is 11.9. The molecule has 0 aromatic heterocycles. The summed E-state index contributed by atoms with van der Waals surface area (Å²) in [6.07, 6.45) is 17.8. The number of nitrogens with one attached hydrogen (secondary N) is 1.